The van der Waals surface area contributed by atoms with Crippen molar-refractivity contribution in [2.45, 2.75) is 51.8 Å². The fourth-order valence-electron chi connectivity index (χ4n) is 3.11. The van der Waals surface area contributed by atoms with Crippen molar-refractivity contribution < 1.29 is 5.11 Å². The molecule has 124 valence electrons. The van der Waals surface area contributed by atoms with E-state index in [9.17, 15) is 5.11 Å². The molecule has 0 radical (unpaired) electrons. The molecular weight excluding hydrogens is 290 g/mol. The van der Waals surface area contributed by atoms with Crippen molar-refractivity contribution >= 4 is 0 Å². The van der Waals surface area contributed by atoms with Crippen molar-refractivity contribution in [3.05, 3.63) is 41.5 Å². The van der Waals surface area contributed by atoms with Crippen molar-refractivity contribution in [2.75, 3.05) is 13.1 Å². The summed E-state index contributed by atoms with van der Waals surface area (Å²) in [6, 6.07) is 2.28. The molecule has 1 fully saturated rings. The molecule has 0 spiro atoms. The number of aryl methyl sites for hydroxylation is 1. The summed E-state index contributed by atoms with van der Waals surface area (Å²) < 4.78 is 1.80. The van der Waals surface area contributed by atoms with Crippen molar-refractivity contribution in [2.24, 2.45) is 0 Å². The number of piperidine rings is 1. The fraction of sp³-hybridized carbons (Fsp3) is 0.588. The van der Waals surface area contributed by atoms with Crippen LogP contribution < -0.4 is 0 Å². The number of aromatic nitrogens is 4. The summed E-state index contributed by atoms with van der Waals surface area (Å²) >= 11 is 0. The zero-order valence-corrected chi connectivity index (χ0v) is 14.1. The zero-order chi connectivity index (χ0) is 16.4. The number of rotatable bonds is 4. The first-order valence-electron chi connectivity index (χ1n) is 8.24. The molecule has 1 saturated heterocycles. The van der Waals surface area contributed by atoms with Gasteiger partial charge in [0.1, 0.15) is 11.3 Å². The van der Waals surface area contributed by atoms with Gasteiger partial charge in [-0.3, -0.25) is 9.88 Å². The highest BCUT2D eigenvalue weighted by Gasteiger charge is 2.37. The molecule has 0 aliphatic carbocycles. The van der Waals surface area contributed by atoms with Gasteiger partial charge in [0.25, 0.3) is 0 Å². The summed E-state index contributed by atoms with van der Waals surface area (Å²) in [6.45, 7) is 8.58. The van der Waals surface area contributed by atoms with Crippen LogP contribution in [0.25, 0.3) is 0 Å². The molecule has 1 N–H and O–H groups in total. The average Bonchev–Trinajstić information content (AvgIpc) is 3.01. The van der Waals surface area contributed by atoms with Gasteiger partial charge in [0.15, 0.2) is 0 Å². The van der Waals surface area contributed by atoms with Gasteiger partial charge in [-0.15, -0.1) is 5.10 Å². The predicted molar refractivity (Wildman–Crippen MR) is 87.8 cm³/mol. The first-order chi connectivity index (χ1) is 11.0. The number of aliphatic hydroxyl groups is 1. The Morgan fingerprint density at radius 3 is 2.91 bits per heavy atom. The van der Waals surface area contributed by atoms with Gasteiger partial charge in [0.05, 0.1) is 6.20 Å². The van der Waals surface area contributed by atoms with E-state index in [0.29, 0.717) is 12.2 Å². The van der Waals surface area contributed by atoms with Gasteiger partial charge in [-0.1, -0.05) is 5.21 Å². The molecule has 0 amide bonds. The second kappa shape index (κ2) is 6.37. The lowest BCUT2D eigenvalue weighted by Crippen LogP contribution is -2.46. The van der Waals surface area contributed by atoms with Crippen molar-refractivity contribution in [1.82, 2.24) is 24.9 Å². The average molecular weight is 315 g/mol. The van der Waals surface area contributed by atoms with E-state index in [2.05, 4.69) is 41.0 Å². The molecule has 3 rings (SSSR count). The Morgan fingerprint density at radius 2 is 2.22 bits per heavy atom. The number of likely N-dealkylation sites (tertiary alicyclic amines) is 1. The Balaban J connectivity index is 1.75. The lowest BCUT2D eigenvalue weighted by atomic mass is 9.89. The maximum Gasteiger partial charge on any atom is 0.123 e. The quantitative estimate of drug-likeness (QED) is 0.935. The van der Waals surface area contributed by atoms with E-state index in [1.807, 2.05) is 24.7 Å². The summed E-state index contributed by atoms with van der Waals surface area (Å²) in [5, 5.41) is 19.4. The third kappa shape index (κ3) is 3.43. The number of nitrogens with zero attached hydrogens (tertiary/aromatic N) is 5. The number of hydrogen-bond acceptors (Lipinski definition) is 5. The second-order valence-corrected chi connectivity index (χ2v) is 6.83. The van der Waals surface area contributed by atoms with Crippen LogP contribution in [0.1, 0.15) is 49.6 Å². The van der Waals surface area contributed by atoms with Crippen LogP contribution in [-0.2, 0) is 12.1 Å². The van der Waals surface area contributed by atoms with E-state index >= 15 is 0 Å². The highest BCUT2D eigenvalue weighted by Crippen LogP contribution is 2.31. The van der Waals surface area contributed by atoms with Crippen LogP contribution in [0, 0.1) is 6.92 Å². The highest BCUT2D eigenvalue weighted by atomic mass is 16.3. The van der Waals surface area contributed by atoms with Gasteiger partial charge < -0.3 is 5.11 Å². The van der Waals surface area contributed by atoms with E-state index in [1.54, 1.807) is 4.68 Å². The van der Waals surface area contributed by atoms with Gasteiger partial charge >= 0.3 is 0 Å². The molecule has 0 aromatic carbocycles. The van der Waals surface area contributed by atoms with Crippen LogP contribution in [0.5, 0.6) is 0 Å². The van der Waals surface area contributed by atoms with Crippen molar-refractivity contribution in [3.63, 3.8) is 0 Å². The Hall–Kier alpha value is -1.79. The van der Waals surface area contributed by atoms with E-state index in [0.717, 1.165) is 25.9 Å². The fourth-order valence-corrected chi connectivity index (χ4v) is 3.11. The molecule has 6 nitrogen and oxygen atoms in total. The first kappa shape index (κ1) is 16.1. The minimum Gasteiger partial charge on any atom is -0.382 e. The molecule has 0 unspecified atom stereocenters. The number of hydrogen-bond donors (Lipinski definition) is 1. The van der Waals surface area contributed by atoms with Gasteiger partial charge in [0.2, 0.25) is 0 Å². The minimum absolute atomic E-state index is 0.248. The molecule has 0 saturated carbocycles. The maximum absolute atomic E-state index is 11.1. The molecule has 3 heterocycles. The van der Waals surface area contributed by atoms with Crippen LogP contribution in [0.15, 0.2) is 24.7 Å². The molecule has 1 aliphatic heterocycles. The molecule has 2 aromatic heterocycles. The Bertz CT molecular complexity index is 669. The topological polar surface area (TPSA) is 67.1 Å². The lowest BCUT2D eigenvalue weighted by molar-refractivity contribution is -0.0415. The van der Waals surface area contributed by atoms with Crippen LogP contribution >= 0.6 is 0 Å². The van der Waals surface area contributed by atoms with Crippen LogP contribution in [0.2, 0.25) is 0 Å². The lowest BCUT2D eigenvalue weighted by Gasteiger charge is -2.38. The Morgan fingerprint density at radius 1 is 1.39 bits per heavy atom. The smallest absolute Gasteiger partial charge is 0.123 e. The second-order valence-electron chi connectivity index (χ2n) is 6.83. The zero-order valence-electron chi connectivity index (χ0n) is 14.1. The van der Waals surface area contributed by atoms with E-state index in [-0.39, 0.29) is 6.04 Å². The summed E-state index contributed by atoms with van der Waals surface area (Å²) in [5.41, 5.74) is 2.21. The SMILES string of the molecule is Cc1ccncc1CN1CCC[C@](O)(c2cn(C(C)C)nn2)C1. The molecular formula is C17H25N5O. The van der Waals surface area contributed by atoms with E-state index < -0.39 is 5.60 Å². The summed E-state index contributed by atoms with van der Waals surface area (Å²) in [5.74, 6) is 0. The summed E-state index contributed by atoms with van der Waals surface area (Å²) in [4.78, 5) is 6.49. The standard InChI is InChI=1S/C17H25N5O/c1-13(2)22-11-16(19-20-22)17(23)6-4-8-21(12-17)10-15-9-18-7-5-14(15)3/h5,7,9,11,13,23H,4,6,8,10,12H2,1-3H3/t17-/m1/s1. The molecule has 1 aliphatic rings. The Labute approximate surface area is 137 Å². The van der Waals surface area contributed by atoms with Crippen LogP contribution in [0.3, 0.4) is 0 Å². The predicted octanol–water partition coefficient (Wildman–Crippen LogP) is 2.05. The normalized spacial score (nSPS) is 22.7. The van der Waals surface area contributed by atoms with Gasteiger partial charge in [-0.2, -0.15) is 0 Å². The maximum atomic E-state index is 11.1. The molecule has 1 atom stereocenters. The van der Waals surface area contributed by atoms with Crippen LogP contribution in [0.4, 0.5) is 0 Å². The number of pyridine rings is 1. The largest absolute Gasteiger partial charge is 0.382 e. The molecule has 23 heavy (non-hydrogen) atoms. The molecule has 0 bridgehead atoms. The van der Waals surface area contributed by atoms with Crippen LogP contribution in [-0.4, -0.2) is 43.1 Å². The monoisotopic (exact) mass is 315 g/mol. The van der Waals surface area contributed by atoms with E-state index in [1.165, 1.54) is 11.1 Å². The molecule has 2 aromatic rings. The van der Waals surface area contributed by atoms with Gasteiger partial charge in [-0.25, -0.2) is 4.68 Å². The third-order valence-electron chi connectivity index (χ3n) is 4.61. The van der Waals surface area contributed by atoms with Gasteiger partial charge in [-0.05, 0) is 57.4 Å². The highest BCUT2D eigenvalue weighted by molar-refractivity contribution is 5.21. The first-order valence-corrected chi connectivity index (χ1v) is 8.24. The third-order valence-corrected chi connectivity index (χ3v) is 4.61. The van der Waals surface area contributed by atoms with E-state index in [4.69, 9.17) is 0 Å². The summed E-state index contributed by atoms with van der Waals surface area (Å²) in [6.07, 6.45) is 7.29. The van der Waals surface area contributed by atoms with Crippen molar-refractivity contribution in [1.29, 1.82) is 0 Å². The van der Waals surface area contributed by atoms with Gasteiger partial charge in [0, 0.05) is 31.5 Å². The molecule has 6 heteroatoms. The minimum atomic E-state index is -0.915. The summed E-state index contributed by atoms with van der Waals surface area (Å²) in [7, 11) is 0. The Kier molecular flexibility index (Phi) is 4.46. The number of β-amino-alcohol motifs (C(OH)–C–C–N with tert-alkyl or cyclic N) is 1. The van der Waals surface area contributed by atoms with Crippen molar-refractivity contribution in [3.8, 4) is 0 Å².